The summed E-state index contributed by atoms with van der Waals surface area (Å²) < 4.78 is 10.6. The number of ether oxygens (including phenoxy) is 2. The van der Waals surface area contributed by atoms with E-state index in [1.807, 2.05) is 31.2 Å². The molecule has 2 rings (SSSR count). The SMILES string of the molecule is CCOC(=O)c1cnc(C)nc1NCc1ccccc1OCC. The normalized spacial score (nSPS) is 10.2. The monoisotopic (exact) mass is 315 g/mol. The van der Waals surface area contributed by atoms with Crippen LogP contribution in [0.5, 0.6) is 5.75 Å². The molecule has 1 heterocycles. The number of rotatable bonds is 7. The molecule has 0 unspecified atom stereocenters. The Kier molecular flexibility index (Phi) is 5.91. The number of esters is 1. The van der Waals surface area contributed by atoms with Crippen molar-refractivity contribution in [3.05, 3.63) is 47.4 Å². The number of hydrogen-bond acceptors (Lipinski definition) is 6. The van der Waals surface area contributed by atoms with Gasteiger partial charge in [-0.15, -0.1) is 0 Å². The van der Waals surface area contributed by atoms with E-state index in [1.54, 1.807) is 13.8 Å². The fraction of sp³-hybridized carbons (Fsp3) is 0.353. The van der Waals surface area contributed by atoms with E-state index in [9.17, 15) is 4.79 Å². The van der Waals surface area contributed by atoms with Crippen LogP contribution in [-0.4, -0.2) is 29.2 Å². The van der Waals surface area contributed by atoms with Crippen LogP contribution >= 0.6 is 0 Å². The summed E-state index contributed by atoms with van der Waals surface area (Å²) in [6, 6.07) is 7.75. The maximum absolute atomic E-state index is 12.0. The van der Waals surface area contributed by atoms with Crippen LogP contribution < -0.4 is 10.1 Å². The third-order valence-electron chi connectivity index (χ3n) is 3.12. The van der Waals surface area contributed by atoms with E-state index in [0.29, 0.717) is 37.0 Å². The molecule has 0 aliphatic rings. The molecule has 2 aromatic rings. The summed E-state index contributed by atoms with van der Waals surface area (Å²) >= 11 is 0. The van der Waals surface area contributed by atoms with Crippen molar-refractivity contribution in [3.8, 4) is 5.75 Å². The number of carbonyl (C=O) groups is 1. The largest absolute Gasteiger partial charge is 0.494 e. The van der Waals surface area contributed by atoms with E-state index in [-0.39, 0.29) is 0 Å². The Hall–Kier alpha value is -2.63. The van der Waals surface area contributed by atoms with E-state index < -0.39 is 5.97 Å². The number of aromatic nitrogens is 2. The highest BCUT2D eigenvalue weighted by atomic mass is 16.5. The minimum atomic E-state index is -0.437. The predicted molar refractivity (Wildman–Crippen MR) is 87.7 cm³/mol. The summed E-state index contributed by atoms with van der Waals surface area (Å²) in [5.74, 6) is 1.42. The molecule has 122 valence electrons. The van der Waals surface area contributed by atoms with Gasteiger partial charge in [-0.25, -0.2) is 14.8 Å². The second-order valence-electron chi connectivity index (χ2n) is 4.79. The first kappa shape index (κ1) is 16.7. The maximum atomic E-state index is 12.0. The third kappa shape index (κ3) is 4.42. The van der Waals surface area contributed by atoms with Crippen molar-refractivity contribution in [2.24, 2.45) is 0 Å². The van der Waals surface area contributed by atoms with Gasteiger partial charge in [0.15, 0.2) is 0 Å². The molecule has 1 aromatic heterocycles. The molecule has 0 saturated heterocycles. The first-order chi connectivity index (χ1) is 11.2. The molecule has 0 bridgehead atoms. The second-order valence-corrected chi connectivity index (χ2v) is 4.79. The van der Waals surface area contributed by atoms with Crippen molar-refractivity contribution in [2.45, 2.75) is 27.3 Å². The van der Waals surface area contributed by atoms with Crippen molar-refractivity contribution < 1.29 is 14.3 Å². The quantitative estimate of drug-likeness (QED) is 0.792. The first-order valence-corrected chi connectivity index (χ1v) is 7.61. The molecule has 6 nitrogen and oxygen atoms in total. The van der Waals surface area contributed by atoms with Crippen molar-refractivity contribution in [1.29, 1.82) is 0 Å². The molecule has 0 spiro atoms. The van der Waals surface area contributed by atoms with Gasteiger partial charge in [0.05, 0.1) is 13.2 Å². The minimum absolute atomic E-state index is 0.305. The molecular formula is C17H21N3O3. The molecule has 0 radical (unpaired) electrons. The number of nitrogens with one attached hydrogen (secondary N) is 1. The minimum Gasteiger partial charge on any atom is -0.494 e. The summed E-state index contributed by atoms with van der Waals surface area (Å²) in [7, 11) is 0. The third-order valence-corrected chi connectivity index (χ3v) is 3.12. The van der Waals surface area contributed by atoms with Crippen molar-refractivity contribution in [3.63, 3.8) is 0 Å². The Morgan fingerprint density at radius 1 is 1.22 bits per heavy atom. The summed E-state index contributed by atoms with van der Waals surface area (Å²) in [4.78, 5) is 20.4. The van der Waals surface area contributed by atoms with Crippen LogP contribution in [0.25, 0.3) is 0 Å². The summed E-state index contributed by atoms with van der Waals surface area (Å²) in [6.07, 6.45) is 1.48. The van der Waals surface area contributed by atoms with E-state index in [0.717, 1.165) is 11.3 Å². The molecule has 0 aliphatic carbocycles. The summed E-state index contributed by atoms with van der Waals surface area (Å²) in [6.45, 7) is 6.86. The van der Waals surface area contributed by atoms with Gasteiger partial charge in [0.25, 0.3) is 0 Å². The topological polar surface area (TPSA) is 73.3 Å². The molecule has 0 saturated carbocycles. The Labute approximate surface area is 135 Å². The van der Waals surface area contributed by atoms with E-state index in [2.05, 4.69) is 15.3 Å². The molecule has 0 aliphatic heterocycles. The highest BCUT2D eigenvalue weighted by molar-refractivity contribution is 5.94. The molecule has 0 amide bonds. The summed E-state index contributed by atoms with van der Waals surface area (Å²) in [5.41, 5.74) is 1.31. The predicted octanol–water partition coefficient (Wildman–Crippen LogP) is 2.97. The van der Waals surface area contributed by atoms with Gasteiger partial charge in [0.1, 0.15) is 23.0 Å². The zero-order valence-corrected chi connectivity index (χ0v) is 13.6. The molecule has 1 aromatic carbocycles. The fourth-order valence-corrected chi connectivity index (χ4v) is 2.09. The van der Waals surface area contributed by atoms with Crippen molar-refractivity contribution in [1.82, 2.24) is 9.97 Å². The lowest BCUT2D eigenvalue weighted by Crippen LogP contribution is -2.13. The lowest BCUT2D eigenvalue weighted by Gasteiger charge is -2.13. The van der Waals surface area contributed by atoms with Gasteiger partial charge < -0.3 is 14.8 Å². The Balaban J connectivity index is 2.20. The van der Waals surface area contributed by atoms with Crippen LogP contribution in [0.3, 0.4) is 0 Å². The smallest absolute Gasteiger partial charge is 0.343 e. The number of para-hydroxylation sites is 1. The lowest BCUT2D eigenvalue weighted by molar-refractivity contribution is 0.0526. The molecule has 0 atom stereocenters. The van der Waals surface area contributed by atoms with Crippen molar-refractivity contribution >= 4 is 11.8 Å². The van der Waals surface area contributed by atoms with Crippen molar-refractivity contribution in [2.75, 3.05) is 18.5 Å². The van der Waals surface area contributed by atoms with E-state index in [1.165, 1.54) is 6.20 Å². The second kappa shape index (κ2) is 8.12. The van der Waals surface area contributed by atoms with Crippen LogP contribution in [0.2, 0.25) is 0 Å². The lowest BCUT2D eigenvalue weighted by atomic mass is 10.2. The van der Waals surface area contributed by atoms with Gasteiger partial charge in [0.2, 0.25) is 0 Å². The Bertz CT molecular complexity index is 674. The van der Waals surface area contributed by atoms with Gasteiger partial charge in [-0.3, -0.25) is 0 Å². The average molecular weight is 315 g/mol. The molecule has 6 heteroatoms. The van der Waals surface area contributed by atoms with Crippen LogP contribution in [0.1, 0.15) is 35.6 Å². The number of anilines is 1. The number of aryl methyl sites for hydroxylation is 1. The molecule has 1 N–H and O–H groups in total. The highest BCUT2D eigenvalue weighted by Crippen LogP contribution is 2.20. The number of carbonyl (C=O) groups excluding carboxylic acids is 1. The summed E-state index contributed by atoms with van der Waals surface area (Å²) in [5, 5.41) is 3.18. The Morgan fingerprint density at radius 2 is 2.00 bits per heavy atom. The van der Waals surface area contributed by atoms with Gasteiger partial charge in [-0.05, 0) is 26.8 Å². The van der Waals surface area contributed by atoms with Crippen LogP contribution in [0, 0.1) is 6.92 Å². The standard InChI is InChI=1S/C17H21N3O3/c1-4-22-15-9-7-6-8-13(15)10-19-16-14(17(21)23-5-2)11-18-12(3)20-16/h6-9,11H,4-5,10H2,1-3H3,(H,18,19,20). The Morgan fingerprint density at radius 3 is 2.74 bits per heavy atom. The van der Waals surface area contributed by atoms with Gasteiger partial charge in [-0.2, -0.15) is 0 Å². The van der Waals surface area contributed by atoms with Gasteiger partial charge in [0, 0.05) is 18.3 Å². The number of nitrogens with zero attached hydrogens (tertiary/aromatic N) is 2. The average Bonchev–Trinajstić information content (AvgIpc) is 2.54. The zero-order chi connectivity index (χ0) is 16.7. The molecule has 23 heavy (non-hydrogen) atoms. The zero-order valence-electron chi connectivity index (χ0n) is 13.6. The van der Waals surface area contributed by atoms with Crippen LogP contribution in [0.4, 0.5) is 5.82 Å². The van der Waals surface area contributed by atoms with Crippen LogP contribution in [-0.2, 0) is 11.3 Å². The van der Waals surface area contributed by atoms with E-state index in [4.69, 9.17) is 9.47 Å². The van der Waals surface area contributed by atoms with E-state index >= 15 is 0 Å². The number of benzene rings is 1. The highest BCUT2D eigenvalue weighted by Gasteiger charge is 2.15. The first-order valence-electron chi connectivity index (χ1n) is 7.61. The maximum Gasteiger partial charge on any atom is 0.343 e. The number of hydrogen-bond donors (Lipinski definition) is 1. The fourth-order valence-electron chi connectivity index (χ4n) is 2.09. The van der Waals surface area contributed by atoms with Crippen LogP contribution in [0.15, 0.2) is 30.5 Å². The van der Waals surface area contributed by atoms with Gasteiger partial charge in [-0.1, -0.05) is 18.2 Å². The van der Waals surface area contributed by atoms with Gasteiger partial charge >= 0.3 is 5.97 Å². The molecular weight excluding hydrogens is 294 g/mol. The molecule has 0 fully saturated rings.